The van der Waals surface area contributed by atoms with E-state index < -0.39 is 11.9 Å². The first kappa shape index (κ1) is 10.9. The minimum Gasteiger partial charge on any atom is -0.222 e. The number of halogens is 4. The van der Waals surface area contributed by atoms with Crippen molar-refractivity contribution in [3.05, 3.63) is 41.3 Å². The number of hydrogen-bond donors (Lipinski definition) is 0. The predicted molar refractivity (Wildman–Crippen MR) is 51.4 cm³/mol. The molecule has 0 saturated heterocycles. The SMILES string of the molecule is FC(F)(F)c1ccn(-c2cccc(Cl)n2)n1. The monoisotopic (exact) mass is 247 g/mol. The van der Waals surface area contributed by atoms with Gasteiger partial charge in [-0.05, 0) is 18.2 Å². The summed E-state index contributed by atoms with van der Waals surface area (Å²) < 4.78 is 37.8. The molecule has 0 amide bonds. The number of hydrogen-bond acceptors (Lipinski definition) is 2. The van der Waals surface area contributed by atoms with Crippen LogP contribution in [0.25, 0.3) is 5.82 Å². The summed E-state index contributed by atoms with van der Waals surface area (Å²) in [4.78, 5) is 3.84. The maximum Gasteiger partial charge on any atom is 0.435 e. The molecule has 2 aromatic heterocycles. The van der Waals surface area contributed by atoms with E-state index >= 15 is 0 Å². The molecule has 0 atom stereocenters. The van der Waals surface area contributed by atoms with Gasteiger partial charge in [-0.25, -0.2) is 9.67 Å². The van der Waals surface area contributed by atoms with Crippen LogP contribution < -0.4 is 0 Å². The first-order chi connectivity index (χ1) is 7.47. The summed E-state index contributed by atoms with van der Waals surface area (Å²) in [6.45, 7) is 0. The number of pyridine rings is 1. The van der Waals surface area contributed by atoms with Crippen LogP contribution in [0.3, 0.4) is 0 Å². The maximum absolute atomic E-state index is 12.3. The number of rotatable bonds is 1. The van der Waals surface area contributed by atoms with Crippen molar-refractivity contribution in [2.45, 2.75) is 6.18 Å². The van der Waals surface area contributed by atoms with Gasteiger partial charge in [-0.1, -0.05) is 17.7 Å². The quantitative estimate of drug-likeness (QED) is 0.726. The van der Waals surface area contributed by atoms with Gasteiger partial charge in [-0.15, -0.1) is 0 Å². The molecule has 16 heavy (non-hydrogen) atoms. The van der Waals surface area contributed by atoms with Crippen LogP contribution in [0.2, 0.25) is 5.15 Å². The Balaban J connectivity index is 2.39. The Morgan fingerprint density at radius 2 is 1.94 bits per heavy atom. The first-order valence-corrected chi connectivity index (χ1v) is 4.60. The van der Waals surface area contributed by atoms with Crippen molar-refractivity contribution in [3.8, 4) is 5.82 Å². The van der Waals surface area contributed by atoms with Crippen LogP contribution in [0.5, 0.6) is 0 Å². The highest BCUT2D eigenvalue weighted by Crippen LogP contribution is 2.27. The van der Waals surface area contributed by atoms with Crippen LogP contribution >= 0.6 is 11.6 Å². The maximum atomic E-state index is 12.3. The molecule has 0 fully saturated rings. The average molecular weight is 248 g/mol. The topological polar surface area (TPSA) is 30.7 Å². The predicted octanol–water partition coefficient (Wildman–Crippen LogP) is 2.94. The Kier molecular flexibility index (Phi) is 2.59. The molecule has 0 unspecified atom stereocenters. The summed E-state index contributed by atoms with van der Waals surface area (Å²) in [7, 11) is 0. The minimum atomic E-state index is -4.45. The molecule has 0 aromatic carbocycles. The van der Waals surface area contributed by atoms with Gasteiger partial charge in [0.15, 0.2) is 11.5 Å². The molecule has 0 bridgehead atoms. The second kappa shape index (κ2) is 3.79. The van der Waals surface area contributed by atoms with Crippen LogP contribution in [0.15, 0.2) is 30.5 Å². The van der Waals surface area contributed by atoms with E-state index in [4.69, 9.17) is 11.6 Å². The third kappa shape index (κ3) is 2.16. The summed E-state index contributed by atoms with van der Waals surface area (Å²) in [5.74, 6) is 0.239. The fourth-order valence-corrected chi connectivity index (χ4v) is 1.29. The lowest BCUT2D eigenvalue weighted by Gasteiger charge is -2.02. The highest BCUT2D eigenvalue weighted by Gasteiger charge is 2.33. The van der Waals surface area contributed by atoms with Gasteiger partial charge in [0.25, 0.3) is 0 Å². The number of aromatic nitrogens is 3. The van der Waals surface area contributed by atoms with Crippen molar-refractivity contribution in [1.29, 1.82) is 0 Å². The van der Waals surface area contributed by atoms with E-state index in [1.165, 1.54) is 18.3 Å². The Hall–Kier alpha value is -1.56. The molecule has 2 rings (SSSR count). The Morgan fingerprint density at radius 3 is 2.50 bits per heavy atom. The Labute approximate surface area is 93.5 Å². The van der Waals surface area contributed by atoms with Gasteiger partial charge < -0.3 is 0 Å². The van der Waals surface area contributed by atoms with Crippen molar-refractivity contribution in [2.75, 3.05) is 0 Å². The molecular formula is C9H5ClF3N3. The lowest BCUT2D eigenvalue weighted by Crippen LogP contribution is -2.07. The van der Waals surface area contributed by atoms with Crippen molar-refractivity contribution in [2.24, 2.45) is 0 Å². The molecule has 0 N–H and O–H groups in total. The van der Waals surface area contributed by atoms with E-state index in [-0.39, 0.29) is 11.0 Å². The molecule has 84 valence electrons. The summed E-state index contributed by atoms with van der Waals surface area (Å²) in [5, 5.41) is 3.56. The molecule has 0 aliphatic heterocycles. The molecule has 2 aromatic rings. The standard InChI is InChI=1S/C9H5ClF3N3/c10-7-2-1-3-8(14-7)16-5-4-6(15-16)9(11,12)13/h1-5H. The van der Waals surface area contributed by atoms with E-state index in [1.807, 2.05) is 0 Å². The normalized spacial score (nSPS) is 11.8. The molecule has 3 nitrogen and oxygen atoms in total. The number of nitrogens with zero attached hydrogens (tertiary/aromatic N) is 3. The van der Waals surface area contributed by atoms with Crippen LogP contribution in [0.4, 0.5) is 13.2 Å². The molecule has 0 aliphatic carbocycles. The molecule has 0 aliphatic rings. The molecule has 0 saturated carbocycles. The Bertz CT molecular complexity index is 507. The van der Waals surface area contributed by atoms with Crippen molar-refractivity contribution < 1.29 is 13.2 Å². The highest BCUT2D eigenvalue weighted by molar-refractivity contribution is 6.29. The minimum absolute atomic E-state index is 0.196. The van der Waals surface area contributed by atoms with E-state index in [0.29, 0.717) is 0 Å². The van der Waals surface area contributed by atoms with Gasteiger partial charge >= 0.3 is 6.18 Å². The fourth-order valence-electron chi connectivity index (χ4n) is 1.13. The third-order valence-electron chi connectivity index (χ3n) is 1.81. The van der Waals surface area contributed by atoms with Crippen LogP contribution in [0.1, 0.15) is 5.69 Å². The lowest BCUT2D eigenvalue weighted by molar-refractivity contribution is -0.141. The van der Waals surface area contributed by atoms with E-state index in [1.54, 1.807) is 6.07 Å². The van der Waals surface area contributed by atoms with E-state index in [0.717, 1.165) is 10.7 Å². The van der Waals surface area contributed by atoms with Gasteiger partial charge in [-0.3, -0.25) is 0 Å². The second-order valence-corrected chi connectivity index (χ2v) is 3.35. The summed E-state index contributed by atoms with van der Waals surface area (Å²) >= 11 is 5.62. The molecule has 7 heteroatoms. The Morgan fingerprint density at radius 1 is 1.19 bits per heavy atom. The van der Waals surface area contributed by atoms with Crippen LogP contribution in [-0.4, -0.2) is 14.8 Å². The van der Waals surface area contributed by atoms with Gasteiger partial charge in [0, 0.05) is 6.20 Å². The fraction of sp³-hybridized carbons (Fsp3) is 0.111. The smallest absolute Gasteiger partial charge is 0.222 e. The third-order valence-corrected chi connectivity index (χ3v) is 2.03. The average Bonchev–Trinajstić information content (AvgIpc) is 2.65. The molecule has 2 heterocycles. The zero-order valence-electron chi connectivity index (χ0n) is 7.74. The van der Waals surface area contributed by atoms with E-state index in [9.17, 15) is 13.2 Å². The number of alkyl halides is 3. The first-order valence-electron chi connectivity index (χ1n) is 4.22. The summed E-state index contributed by atoms with van der Waals surface area (Å²) in [6.07, 6.45) is -3.27. The summed E-state index contributed by atoms with van der Waals surface area (Å²) in [5.41, 5.74) is -0.964. The summed E-state index contributed by atoms with van der Waals surface area (Å²) in [6, 6.07) is 5.50. The molecular weight excluding hydrogens is 243 g/mol. The van der Waals surface area contributed by atoms with Gasteiger partial charge in [-0.2, -0.15) is 18.3 Å². The van der Waals surface area contributed by atoms with Gasteiger partial charge in [0.1, 0.15) is 5.15 Å². The lowest BCUT2D eigenvalue weighted by atomic mass is 10.4. The van der Waals surface area contributed by atoms with E-state index in [2.05, 4.69) is 10.1 Å². The largest absolute Gasteiger partial charge is 0.435 e. The van der Waals surface area contributed by atoms with Crippen molar-refractivity contribution >= 4 is 11.6 Å². The molecule has 0 radical (unpaired) electrons. The zero-order chi connectivity index (χ0) is 11.8. The zero-order valence-corrected chi connectivity index (χ0v) is 8.50. The highest BCUT2D eigenvalue weighted by atomic mass is 35.5. The van der Waals surface area contributed by atoms with Crippen LogP contribution in [0, 0.1) is 0 Å². The van der Waals surface area contributed by atoms with Gasteiger partial charge in [0.05, 0.1) is 0 Å². The molecule has 0 spiro atoms. The van der Waals surface area contributed by atoms with Crippen LogP contribution in [-0.2, 0) is 6.18 Å². The second-order valence-electron chi connectivity index (χ2n) is 2.96. The van der Waals surface area contributed by atoms with Crippen molar-refractivity contribution in [3.63, 3.8) is 0 Å². The van der Waals surface area contributed by atoms with Crippen molar-refractivity contribution in [1.82, 2.24) is 14.8 Å². The van der Waals surface area contributed by atoms with Gasteiger partial charge in [0.2, 0.25) is 0 Å².